The van der Waals surface area contributed by atoms with E-state index in [0.29, 0.717) is 23.3 Å². The van der Waals surface area contributed by atoms with Gasteiger partial charge in [-0.05, 0) is 52.9 Å². The highest BCUT2D eigenvalue weighted by Crippen LogP contribution is 2.34. The highest BCUT2D eigenvalue weighted by Gasteiger charge is 2.28. The van der Waals surface area contributed by atoms with Crippen LogP contribution in [0.1, 0.15) is 11.1 Å². The molecule has 0 amide bonds. The van der Waals surface area contributed by atoms with Gasteiger partial charge in [-0.2, -0.15) is 13.2 Å². The summed E-state index contributed by atoms with van der Waals surface area (Å²) in [5.74, 6) is -6.06. The maximum atomic E-state index is 14.9. The Morgan fingerprint density at radius 1 is 0.600 bits per heavy atom. The Labute approximate surface area is 197 Å². The Kier molecular flexibility index (Phi) is 6.52. The van der Waals surface area contributed by atoms with Gasteiger partial charge < -0.3 is 0 Å². The van der Waals surface area contributed by atoms with Crippen LogP contribution in [0.15, 0.2) is 84.9 Å². The summed E-state index contributed by atoms with van der Waals surface area (Å²) >= 11 is 0. The molecular formula is C28H17F7. The third kappa shape index (κ3) is 5.45. The van der Waals surface area contributed by atoms with E-state index in [2.05, 4.69) is 0 Å². The first-order chi connectivity index (χ1) is 16.5. The molecule has 0 atom stereocenters. The molecule has 0 aromatic heterocycles. The van der Waals surface area contributed by atoms with Gasteiger partial charge in [0.05, 0.1) is 11.6 Å². The van der Waals surface area contributed by atoms with Gasteiger partial charge in [-0.15, -0.1) is 0 Å². The molecule has 0 nitrogen and oxygen atoms in total. The van der Waals surface area contributed by atoms with E-state index in [9.17, 15) is 30.7 Å². The maximum Gasteiger partial charge on any atom is 0.412 e. The van der Waals surface area contributed by atoms with Crippen LogP contribution in [0.25, 0.3) is 39.2 Å². The lowest BCUT2D eigenvalue weighted by atomic mass is 9.96. The Morgan fingerprint density at radius 2 is 1.03 bits per heavy atom. The Morgan fingerprint density at radius 3 is 1.51 bits per heavy atom. The molecular weight excluding hydrogens is 469 g/mol. The van der Waals surface area contributed by atoms with E-state index in [1.807, 2.05) is 55.5 Å². The fourth-order valence-electron chi connectivity index (χ4n) is 3.70. The van der Waals surface area contributed by atoms with E-state index < -0.39 is 41.1 Å². The second-order valence-corrected chi connectivity index (χ2v) is 7.99. The molecule has 0 heterocycles. The molecule has 0 unspecified atom stereocenters. The minimum atomic E-state index is -5.10. The summed E-state index contributed by atoms with van der Waals surface area (Å²) in [7, 11) is 0. The normalized spacial score (nSPS) is 12.2. The molecule has 0 aliphatic carbocycles. The zero-order chi connectivity index (χ0) is 25.3. The van der Waals surface area contributed by atoms with Gasteiger partial charge in [0.1, 0.15) is 23.3 Å². The van der Waals surface area contributed by atoms with Gasteiger partial charge in [-0.25, -0.2) is 17.6 Å². The van der Waals surface area contributed by atoms with Gasteiger partial charge in [0.2, 0.25) is 0 Å². The molecule has 178 valence electrons. The first-order valence-corrected chi connectivity index (χ1v) is 10.4. The van der Waals surface area contributed by atoms with Crippen molar-refractivity contribution in [2.45, 2.75) is 13.1 Å². The van der Waals surface area contributed by atoms with Crippen LogP contribution in [-0.2, 0) is 0 Å². The summed E-state index contributed by atoms with van der Waals surface area (Å²) in [5.41, 5.74) is 2.44. The summed E-state index contributed by atoms with van der Waals surface area (Å²) < 4.78 is 94.2. The topological polar surface area (TPSA) is 0 Å². The number of hydrogen-bond acceptors (Lipinski definition) is 0. The smallest absolute Gasteiger partial charge is 0.206 e. The van der Waals surface area contributed by atoms with Crippen LogP contribution >= 0.6 is 0 Å². The van der Waals surface area contributed by atoms with Crippen LogP contribution in [-0.4, -0.2) is 6.18 Å². The number of hydrogen-bond donors (Lipinski definition) is 0. The molecule has 0 N–H and O–H groups in total. The van der Waals surface area contributed by atoms with Crippen LogP contribution in [0.5, 0.6) is 0 Å². The molecule has 4 aromatic rings. The monoisotopic (exact) mass is 486 g/mol. The van der Waals surface area contributed by atoms with E-state index in [1.165, 1.54) is 12.1 Å². The van der Waals surface area contributed by atoms with Crippen LogP contribution in [0.4, 0.5) is 30.7 Å². The number of benzene rings is 4. The summed E-state index contributed by atoms with van der Waals surface area (Å²) in [5, 5.41) is 0. The fraction of sp³-hybridized carbons (Fsp3) is 0.0714. The number of alkyl halides is 3. The van der Waals surface area contributed by atoms with Crippen molar-refractivity contribution in [3.8, 4) is 33.4 Å². The quantitative estimate of drug-likeness (QED) is 0.252. The van der Waals surface area contributed by atoms with E-state index in [0.717, 1.165) is 16.7 Å². The predicted octanol–water partition coefficient (Wildman–Crippen LogP) is 9.29. The molecule has 4 aromatic carbocycles. The lowest BCUT2D eigenvalue weighted by Gasteiger charge is -2.11. The summed E-state index contributed by atoms with van der Waals surface area (Å²) in [6.07, 6.45) is -5.93. The van der Waals surface area contributed by atoms with Crippen molar-refractivity contribution < 1.29 is 30.7 Å². The largest absolute Gasteiger partial charge is 0.412 e. The standard InChI is InChI=1S/C28H17F7/c1-16-2-4-17(5-3-16)18-6-8-19(9-7-18)20-10-11-22(23(29)12-20)21-13-24(30)27(25(31)14-21)26(32)15-28(33,34)35/h2-15H,1H3/b26-15-. The Balaban J connectivity index is 1.63. The van der Waals surface area contributed by atoms with Gasteiger partial charge in [0.15, 0.2) is 0 Å². The van der Waals surface area contributed by atoms with E-state index >= 15 is 0 Å². The number of halogens is 7. The first kappa shape index (κ1) is 24.3. The Hall–Kier alpha value is -3.87. The highest BCUT2D eigenvalue weighted by molar-refractivity contribution is 5.75. The van der Waals surface area contributed by atoms with Crippen molar-refractivity contribution in [2.75, 3.05) is 0 Å². The maximum absolute atomic E-state index is 14.9. The van der Waals surface area contributed by atoms with Gasteiger partial charge in [0, 0.05) is 5.56 Å². The second-order valence-electron chi connectivity index (χ2n) is 7.99. The molecule has 7 heteroatoms. The minimum Gasteiger partial charge on any atom is -0.206 e. The molecule has 0 radical (unpaired) electrons. The van der Waals surface area contributed by atoms with Crippen molar-refractivity contribution in [1.82, 2.24) is 0 Å². The van der Waals surface area contributed by atoms with Crippen LogP contribution in [0, 0.1) is 24.4 Å². The number of allylic oxidation sites excluding steroid dienone is 1. The summed E-state index contributed by atoms with van der Waals surface area (Å²) in [4.78, 5) is 0. The molecule has 0 bridgehead atoms. The molecule has 0 fully saturated rings. The molecule has 35 heavy (non-hydrogen) atoms. The first-order valence-electron chi connectivity index (χ1n) is 10.4. The van der Waals surface area contributed by atoms with Crippen LogP contribution in [0.2, 0.25) is 0 Å². The molecule has 0 aliphatic rings. The Bertz CT molecular complexity index is 1370. The third-order valence-corrected chi connectivity index (χ3v) is 5.45. The predicted molar refractivity (Wildman–Crippen MR) is 123 cm³/mol. The average Bonchev–Trinajstić information content (AvgIpc) is 2.78. The fourth-order valence-corrected chi connectivity index (χ4v) is 3.70. The number of aryl methyl sites for hydroxylation is 1. The van der Waals surface area contributed by atoms with E-state index in [4.69, 9.17) is 0 Å². The summed E-state index contributed by atoms with van der Waals surface area (Å²) in [6.45, 7) is 1.99. The lowest BCUT2D eigenvalue weighted by molar-refractivity contribution is -0.0798. The van der Waals surface area contributed by atoms with E-state index in [1.54, 1.807) is 6.07 Å². The molecule has 0 saturated carbocycles. The number of rotatable bonds is 4. The van der Waals surface area contributed by atoms with Gasteiger partial charge in [0.25, 0.3) is 0 Å². The molecule has 0 saturated heterocycles. The van der Waals surface area contributed by atoms with Crippen LogP contribution < -0.4 is 0 Å². The molecule has 4 rings (SSSR count). The van der Waals surface area contributed by atoms with Gasteiger partial charge in [-0.3, -0.25) is 0 Å². The zero-order valence-electron chi connectivity index (χ0n) is 18.2. The van der Waals surface area contributed by atoms with Crippen molar-refractivity contribution in [1.29, 1.82) is 0 Å². The van der Waals surface area contributed by atoms with Crippen LogP contribution in [0.3, 0.4) is 0 Å². The summed E-state index contributed by atoms with van der Waals surface area (Å²) in [6, 6.07) is 20.6. The third-order valence-electron chi connectivity index (χ3n) is 5.45. The van der Waals surface area contributed by atoms with Gasteiger partial charge >= 0.3 is 6.18 Å². The SMILES string of the molecule is Cc1ccc(-c2ccc(-c3ccc(-c4cc(F)c(/C(F)=C/C(F)(F)F)c(F)c4)c(F)c3)cc2)cc1. The van der Waals surface area contributed by atoms with Crippen molar-refractivity contribution in [2.24, 2.45) is 0 Å². The lowest BCUT2D eigenvalue weighted by Crippen LogP contribution is -2.04. The molecule has 0 spiro atoms. The second kappa shape index (κ2) is 9.41. The highest BCUT2D eigenvalue weighted by atomic mass is 19.4. The van der Waals surface area contributed by atoms with Crippen molar-refractivity contribution >= 4 is 5.83 Å². The zero-order valence-corrected chi connectivity index (χ0v) is 18.2. The molecule has 0 aliphatic heterocycles. The van der Waals surface area contributed by atoms with Crippen molar-refractivity contribution in [3.63, 3.8) is 0 Å². The minimum absolute atomic E-state index is 0.186. The van der Waals surface area contributed by atoms with Gasteiger partial charge in [-0.1, -0.05) is 66.2 Å². The average molecular weight is 486 g/mol. The van der Waals surface area contributed by atoms with E-state index in [-0.39, 0.29) is 11.1 Å². The van der Waals surface area contributed by atoms with Crippen molar-refractivity contribution in [3.05, 3.63) is 114 Å².